The third-order valence-electron chi connectivity index (χ3n) is 4.52. The van der Waals surface area contributed by atoms with E-state index in [1.54, 1.807) is 0 Å². The second-order valence-corrected chi connectivity index (χ2v) is 6.63. The molecule has 4 nitrogen and oxygen atoms in total. The standard InChI is InChI=1S/C15H16Cl2N4/c16-10-4-5-13-11(6-10)15(17)20-21(13)8-14-18-7-12(19-14)9-2-1-3-9/h4-6,9,12H,1-3,7-8H2,(H,18,19). The molecule has 1 aliphatic heterocycles. The summed E-state index contributed by atoms with van der Waals surface area (Å²) in [5, 5.41) is 9.99. The first kappa shape index (κ1) is 13.4. The summed E-state index contributed by atoms with van der Waals surface area (Å²) >= 11 is 12.2. The van der Waals surface area contributed by atoms with Gasteiger partial charge < -0.3 is 5.32 Å². The zero-order chi connectivity index (χ0) is 14.4. The number of nitrogens with zero attached hydrogens (tertiary/aromatic N) is 3. The number of halogens is 2. The molecule has 110 valence electrons. The average Bonchev–Trinajstić information content (AvgIpc) is 2.95. The highest BCUT2D eigenvalue weighted by Crippen LogP contribution is 2.31. The molecule has 0 amide bonds. The van der Waals surface area contributed by atoms with E-state index in [-0.39, 0.29) is 0 Å². The van der Waals surface area contributed by atoms with E-state index in [0.717, 1.165) is 29.2 Å². The van der Waals surface area contributed by atoms with E-state index < -0.39 is 0 Å². The Balaban J connectivity index is 1.55. The summed E-state index contributed by atoms with van der Waals surface area (Å²) in [4.78, 5) is 4.62. The van der Waals surface area contributed by atoms with Gasteiger partial charge in [0.25, 0.3) is 0 Å². The van der Waals surface area contributed by atoms with E-state index >= 15 is 0 Å². The Hall–Kier alpha value is -1.26. The van der Waals surface area contributed by atoms with E-state index in [4.69, 9.17) is 23.2 Å². The van der Waals surface area contributed by atoms with Crippen molar-refractivity contribution in [1.82, 2.24) is 15.1 Å². The van der Waals surface area contributed by atoms with Crippen LogP contribution >= 0.6 is 23.2 Å². The number of amidine groups is 1. The molecule has 1 saturated carbocycles. The third kappa shape index (κ3) is 2.40. The Labute approximate surface area is 133 Å². The van der Waals surface area contributed by atoms with Crippen LogP contribution in [0.2, 0.25) is 10.2 Å². The van der Waals surface area contributed by atoms with Crippen molar-refractivity contribution in [3.8, 4) is 0 Å². The van der Waals surface area contributed by atoms with Gasteiger partial charge in [-0.1, -0.05) is 29.6 Å². The van der Waals surface area contributed by atoms with Gasteiger partial charge in [-0.3, -0.25) is 9.67 Å². The Morgan fingerprint density at radius 3 is 2.90 bits per heavy atom. The molecule has 0 spiro atoms. The van der Waals surface area contributed by atoms with Crippen LogP contribution in [0.15, 0.2) is 23.2 Å². The van der Waals surface area contributed by atoms with Gasteiger partial charge in [0.15, 0.2) is 5.15 Å². The molecule has 1 aromatic carbocycles. The number of nitrogens with one attached hydrogen (secondary N) is 1. The predicted molar refractivity (Wildman–Crippen MR) is 86.3 cm³/mol. The molecule has 2 aliphatic rings. The van der Waals surface area contributed by atoms with Gasteiger partial charge in [-0.25, -0.2) is 0 Å². The minimum atomic E-state index is 0.488. The van der Waals surface area contributed by atoms with E-state index in [0.29, 0.717) is 22.8 Å². The Bertz CT molecular complexity index is 718. The molecule has 4 rings (SSSR count). The lowest BCUT2D eigenvalue weighted by molar-refractivity contribution is 0.257. The van der Waals surface area contributed by atoms with Crippen molar-refractivity contribution >= 4 is 39.9 Å². The number of benzene rings is 1. The van der Waals surface area contributed by atoms with Crippen LogP contribution < -0.4 is 5.32 Å². The third-order valence-corrected chi connectivity index (χ3v) is 5.03. The maximum atomic E-state index is 6.20. The number of fused-ring (bicyclic) bond motifs is 1. The van der Waals surface area contributed by atoms with Gasteiger partial charge in [0.2, 0.25) is 0 Å². The van der Waals surface area contributed by atoms with E-state index in [2.05, 4.69) is 15.4 Å². The summed E-state index contributed by atoms with van der Waals surface area (Å²) in [6.45, 7) is 1.52. The molecule has 0 radical (unpaired) electrons. The van der Waals surface area contributed by atoms with Crippen LogP contribution in [-0.4, -0.2) is 28.2 Å². The monoisotopic (exact) mass is 322 g/mol. The Kier molecular flexibility index (Phi) is 3.31. The molecule has 2 heterocycles. The van der Waals surface area contributed by atoms with Crippen LogP contribution in [0.1, 0.15) is 19.3 Å². The largest absolute Gasteiger partial charge is 0.367 e. The molecule has 1 unspecified atom stereocenters. The van der Waals surface area contributed by atoms with Crippen LogP contribution in [0.25, 0.3) is 10.9 Å². The van der Waals surface area contributed by atoms with Crippen molar-refractivity contribution in [3.05, 3.63) is 28.4 Å². The summed E-state index contributed by atoms with van der Waals surface area (Å²) in [7, 11) is 0. The van der Waals surface area contributed by atoms with E-state index in [1.165, 1.54) is 19.3 Å². The van der Waals surface area contributed by atoms with Gasteiger partial charge in [-0.15, -0.1) is 0 Å². The van der Waals surface area contributed by atoms with Crippen LogP contribution in [0.5, 0.6) is 0 Å². The fourth-order valence-corrected chi connectivity index (χ4v) is 3.51. The highest BCUT2D eigenvalue weighted by atomic mass is 35.5. The minimum Gasteiger partial charge on any atom is -0.367 e. The fraction of sp³-hybridized carbons (Fsp3) is 0.467. The lowest BCUT2D eigenvalue weighted by Gasteiger charge is -2.31. The summed E-state index contributed by atoms with van der Waals surface area (Å²) in [5.74, 6) is 1.80. The number of aromatic nitrogens is 2. The van der Waals surface area contributed by atoms with Crippen LogP contribution in [0, 0.1) is 5.92 Å². The summed E-state index contributed by atoms with van der Waals surface area (Å²) in [5.41, 5.74) is 0.987. The molecule has 0 saturated heterocycles. The highest BCUT2D eigenvalue weighted by Gasteiger charge is 2.30. The summed E-state index contributed by atoms with van der Waals surface area (Å²) in [6.07, 6.45) is 4.02. The van der Waals surface area contributed by atoms with Crippen molar-refractivity contribution in [2.24, 2.45) is 10.9 Å². The van der Waals surface area contributed by atoms with Gasteiger partial charge in [0.1, 0.15) is 5.84 Å². The molecule has 1 N–H and O–H groups in total. The lowest BCUT2D eigenvalue weighted by atomic mass is 9.80. The van der Waals surface area contributed by atoms with Gasteiger partial charge in [-0.05, 0) is 37.0 Å². The first-order valence-corrected chi connectivity index (χ1v) is 8.08. The summed E-state index contributed by atoms with van der Waals surface area (Å²) in [6, 6.07) is 6.18. The number of rotatable bonds is 3. The second kappa shape index (κ2) is 5.18. The van der Waals surface area contributed by atoms with Gasteiger partial charge in [0, 0.05) is 16.5 Å². The Morgan fingerprint density at radius 1 is 1.29 bits per heavy atom. The van der Waals surface area contributed by atoms with E-state index in [1.807, 2.05) is 22.9 Å². The summed E-state index contributed by atoms with van der Waals surface area (Å²) < 4.78 is 1.89. The number of hydrogen-bond acceptors (Lipinski definition) is 3. The molecular weight excluding hydrogens is 307 g/mol. The van der Waals surface area contributed by atoms with Crippen molar-refractivity contribution < 1.29 is 0 Å². The topological polar surface area (TPSA) is 42.2 Å². The average molecular weight is 323 g/mol. The molecule has 21 heavy (non-hydrogen) atoms. The van der Waals surface area contributed by atoms with Crippen molar-refractivity contribution in [1.29, 1.82) is 0 Å². The zero-order valence-corrected chi connectivity index (χ0v) is 13.0. The van der Waals surface area contributed by atoms with Crippen molar-refractivity contribution in [2.45, 2.75) is 31.8 Å². The minimum absolute atomic E-state index is 0.488. The van der Waals surface area contributed by atoms with Crippen molar-refractivity contribution in [3.63, 3.8) is 0 Å². The van der Waals surface area contributed by atoms with E-state index in [9.17, 15) is 0 Å². The first-order valence-electron chi connectivity index (χ1n) is 7.32. The lowest BCUT2D eigenvalue weighted by Crippen LogP contribution is -2.40. The normalized spacial score (nSPS) is 22.2. The van der Waals surface area contributed by atoms with Crippen LogP contribution in [0.3, 0.4) is 0 Å². The molecule has 2 aromatic rings. The first-order chi connectivity index (χ1) is 10.2. The number of hydrogen-bond donors (Lipinski definition) is 1. The predicted octanol–water partition coefficient (Wildman–Crippen LogP) is 3.51. The Morgan fingerprint density at radius 2 is 2.14 bits per heavy atom. The molecule has 1 aromatic heterocycles. The molecule has 1 fully saturated rings. The van der Waals surface area contributed by atoms with Gasteiger partial charge in [0.05, 0.1) is 18.6 Å². The van der Waals surface area contributed by atoms with Gasteiger partial charge >= 0.3 is 0 Å². The molecule has 1 aliphatic carbocycles. The number of aliphatic imine (C=N–C) groups is 1. The zero-order valence-electron chi connectivity index (χ0n) is 11.5. The molecule has 6 heteroatoms. The fourth-order valence-electron chi connectivity index (χ4n) is 3.09. The highest BCUT2D eigenvalue weighted by molar-refractivity contribution is 6.36. The molecular formula is C15H16Cl2N4. The maximum Gasteiger partial charge on any atom is 0.158 e. The quantitative estimate of drug-likeness (QED) is 0.939. The van der Waals surface area contributed by atoms with Crippen molar-refractivity contribution in [2.75, 3.05) is 6.54 Å². The van der Waals surface area contributed by atoms with Gasteiger partial charge in [-0.2, -0.15) is 5.10 Å². The van der Waals surface area contributed by atoms with Crippen LogP contribution in [0.4, 0.5) is 0 Å². The second-order valence-electron chi connectivity index (χ2n) is 5.84. The van der Waals surface area contributed by atoms with Crippen LogP contribution in [-0.2, 0) is 6.54 Å². The smallest absolute Gasteiger partial charge is 0.158 e. The molecule has 1 atom stereocenters. The molecule has 0 bridgehead atoms. The SMILES string of the molecule is Clc1ccc2c(c1)c(Cl)nn2CC1=NCC(C2CCC2)N1. The maximum absolute atomic E-state index is 6.20.